The van der Waals surface area contributed by atoms with Gasteiger partial charge in [-0.2, -0.15) is 0 Å². The molecule has 0 spiro atoms. The Labute approximate surface area is 157 Å². The number of benzene rings is 1. The summed E-state index contributed by atoms with van der Waals surface area (Å²) < 4.78 is 1.36. The molecule has 27 heavy (non-hydrogen) atoms. The summed E-state index contributed by atoms with van der Waals surface area (Å²) in [4.78, 5) is 42.0. The fourth-order valence-electron chi connectivity index (χ4n) is 3.68. The lowest BCUT2D eigenvalue weighted by molar-refractivity contribution is 0.0976. The van der Waals surface area contributed by atoms with Crippen LogP contribution in [-0.4, -0.2) is 21.5 Å². The predicted octanol–water partition coefficient (Wildman–Crippen LogP) is 2.51. The van der Waals surface area contributed by atoms with Crippen molar-refractivity contribution in [3.05, 3.63) is 56.7 Å². The van der Waals surface area contributed by atoms with Crippen molar-refractivity contribution in [1.29, 1.82) is 0 Å². The minimum atomic E-state index is -0.610. The maximum Gasteiger partial charge on any atom is 0.330 e. The predicted molar refractivity (Wildman–Crippen MR) is 106 cm³/mol. The van der Waals surface area contributed by atoms with Gasteiger partial charge in [0.25, 0.3) is 11.5 Å². The van der Waals surface area contributed by atoms with Crippen LogP contribution in [0, 0.1) is 0 Å². The maximum atomic E-state index is 13.3. The van der Waals surface area contributed by atoms with Gasteiger partial charge < -0.3 is 5.73 Å². The highest BCUT2D eigenvalue weighted by Gasteiger charge is 2.33. The number of unbranched alkanes of at least 4 members (excludes halogenated alkanes) is 1. The van der Waals surface area contributed by atoms with Crippen LogP contribution in [-0.2, 0) is 6.54 Å². The molecule has 0 saturated heterocycles. The Morgan fingerprint density at radius 2 is 1.89 bits per heavy atom. The zero-order valence-electron chi connectivity index (χ0n) is 15.6. The molecule has 0 bridgehead atoms. The largest absolute Gasteiger partial charge is 0.383 e. The molecule has 0 unspecified atom stereocenters. The second-order valence-corrected chi connectivity index (χ2v) is 6.98. The molecule has 3 rings (SSSR count). The number of nitrogens with two attached hydrogens (primary N) is 1. The molecule has 1 aromatic heterocycles. The van der Waals surface area contributed by atoms with E-state index in [0.717, 1.165) is 38.5 Å². The molecule has 0 radical (unpaired) electrons. The van der Waals surface area contributed by atoms with E-state index in [9.17, 15) is 14.4 Å². The first kappa shape index (κ1) is 18.9. The van der Waals surface area contributed by atoms with E-state index in [1.54, 1.807) is 24.3 Å². The van der Waals surface area contributed by atoms with E-state index in [4.69, 9.17) is 5.73 Å². The summed E-state index contributed by atoms with van der Waals surface area (Å²) in [6.45, 7) is 2.42. The second kappa shape index (κ2) is 8.24. The van der Waals surface area contributed by atoms with Gasteiger partial charge in [0, 0.05) is 18.2 Å². The Kier molecular flexibility index (Phi) is 5.78. The van der Waals surface area contributed by atoms with E-state index < -0.39 is 11.2 Å². The molecule has 3 N–H and O–H groups in total. The second-order valence-electron chi connectivity index (χ2n) is 6.98. The number of nitrogens with one attached hydrogen (secondary N) is 1. The van der Waals surface area contributed by atoms with E-state index in [0.29, 0.717) is 12.1 Å². The van der Waals surface area contributed by atoms with E-state index in [2.05, 4.69) is 4.98 Å². The van der Waals surface area contributed by atoms with Crippen LogP contribution in [0.5, 0.6) is 0 Å². The molecule has 1 saturated carbocycles. The van der Waals surface area contributed by atoms with Crippen LogP contribution in [0.25, 0.3) is 0 Å². The maximum absolute atomic E-state index is 13.3. The Hall–Kier alpha value is -2.83. The van der Waals surface area contributed by atoms with Gasteiger partial charge in [-0.1, -0.05) is 44.4 Å². The fraction of sp³-hybridized carbons (Fsp3) is 0.450. The number of aromatic nitrogens is 2. The van der Waals surface area contributed by atoms with Gasteiger partial charge in [-0.15, -0.1) is 0 Å². The summed E-state index contributed by atoms with van der Waals surface area (Å²) in [6.07, 6.45) is 5.26. The van der Waals surface area contributed by atoms with E-state index >= 15 is 0 Å². The summed E-state index contributed by atoms with van der Waals surface area (Å²) in [6, 6.07) is 8.76. The molecule has 7 nitrogen and oxygen atoms in total. The lowest BCUT2D eigenvalue weighted by atomic mass is 10.1. The highest BCUT2D eigenvalue weighted by atomic mass is 16.2. The van der Waals surface area contributed by atoms with Crippen molar-refractivity contribution in [2.45, 2.75) is 58.0 Å². The molecule has 1 aliphatic rings. The summed E-state index contributed by atoms with van der Waals surface area (Å²) in [5, 5.41) is 0. The van der Waals surface area contributed by atoms with Gasteiger partial charge in [0.2, 0.25) is 0 Å². The summed E-state index contributed by atoms with van der Waals surface area (Å²) >= 11 is 0. The molecule has 1 fully saturated rings. The van der Waals surface area contributed by atoms with Crippen molar-refractivity contribution in [2.24, 2.45) is 0 Å². The molecule has 1 heterocycles. The lowest BCUT2D eigenvalue weighted by Crippen LogP contribution is -2.45. The Morgan fingerprint density at radius 3 is 2.52 bits per heavy atom. The molecule has 2 aromatic rings. The fourth-order valence-corrected chi connectivity index (χ4v) is 3.68. The average molecular weight is 370 g/mol. The van der Waals surface area contributed by atoms with E-state index in [-0.39, 0.29) is 23.5 Å². The molecule has 0 atom stereocenters. The zero-order valence-corrected chi connectivity index (χ0v) is 15.6. The van der Waals surface area contributed by atoms with Gasteiger partial charge >= 0.3 is 5.69 Å². The van der Waals surface area contributed by atoms with Crippen molar-refractivity contribution in [2.75, 3.05) is 10.6 Å². The third kappa shape index (κ3) is 3.82. The molecular formula is C20H26N4O3. The summed E-state index contributed by atoms with van der Waals surface area (Å²) in [5.74, 6) is -0.200. The third-order valence-corrected chi connectivity index (χ3v) is 5.12. The minimum Gasteiger partial charge on any atom is -0.383 e. The molecule has 144 valence electrons. The summed E-state index contributed by atoms with van der Waals surface area (Å²) in [5.41, 5.74) is 5.70. The van der Waals surface area contributed by atoms with Crippen molar-refractivity contribution in [1.82, 2.24) is 9.55 Å². The number of nitrogen functional groups attached to an aromatic ring is 1. The van der Waals surface area contributed by atoms with Crippen molar-refractivity contribution >= 4 is 17.4 Å². The van der Waals surface area contributed by atoms with Gasteiger partial charge in [-0.05, 0) is 31.4 Å². The number of aromatic amines is 1. The Morgan fingerprint density at radius 1 is 1.22 bits per heavy atom. The molecule has 1 aliphatic carbocycles. The topological polar surface area (TPSA) is 101 Å². The quantitative estimate of drug-likeness (QED) is 0.816. The SMILES string of the molecule is CCCCn1c(N)c(N(C(=O)c2ccccc2)C2CCCC2)c(=O)[nH]c1=O. The molecule has 0 aliphatic heterocycles. The van der Waals surface area contributed by atoms with Crippen LogP contribution in [0.15, 0.2) is 39.9 Å². The van der Waals surface area contributed by atoms with Gasteiger partial charge in [0.15, 0.2) is 5.69 Å². The van der Waals surface area contributed by atoms with Crippen molar-refractivity contribution in [3.8, 4) is 0 Å². The van der Waals surface area contributed by atoms with Crippen LogP contribution in [0.3, 0.4) is 0 Å². The van der Waals surface area contributed by atoms with Crippen LogP contribution in [0.4, 0.5) is 11.5 Å². The first-order chi connectivity index (χ1) is 13.0. The Bertz CT molecular complexity index is 911. The third-order valence-electron chi connectivity index (χ3n) is 5.12. The van der Waals surface area contributed by atoms with E-state index in [1.165, 1.54) is 9.47 Å². The summed E-state index contributed by atoms with van der Waals surface area (Å²) in [7, 11) is 0. The van der Waals surface area contributed by atoms with Gasteiger partial charge in [0.1, 0.15) is 5.82 Å². The lowest BCUT2D eigenvalue weighted by Gasteiger charge is -2.30. The highest BCUT2D eigenvalue weighted by Crippen LogP contribution is 2.30. The number of carbonyl (C=O) groups is 1. The zero-order chi connectivity index (χ0) is 19.4. The molecule has 1 aromatic carbocycles. The number of rotatable bonds is 6. The molecular weight excluding hydrogens is 344 g/mol. The standard InChI is InChI=1S/C20H26N4O3/c1-2-3-13-23-17(21)16(18(25)22-20(23)27)24(15-11-7-8-12-15)19(26)14-9-5-4-6-10-14/h4-6,9-10,15H,2-3,7-8,11-13,21H2,1H3,(H,22,25,27). The first-order valence-electron chi connectivity index (χ1n) is 9.55. The first-order valence-corrected chi connectivity index (χ1v) is 9.55. The number of hydrogen-bond donors (Lipinski definition) is 2. The van der Waals surface area contributed by atoms with E-state index in [1.807, 2.05) is 13.0 Å². The molecule has 7 heteroatoms. The van der Waals surface area contributed by atoms with Gasteiger partial charge in [-0.25, -0.2) is 4.79 Å². The number of H-pyrrole nitrogens is 1. The number of amides is 1. The van der Waals surface area contributed by atoms with Crippen LogP contribution in [0.1, 0.15) is 55.8 Å². The van der Waals surface area contributed by atoms with Crippen molar-refractivity contribution in [3.63, 3.8) is 0 Å². The average Bonchev–Trinajstić information content (AvgIpc) is 3.19. The number of hydrogen-bond acceptors (Lipinski definition) is 4. The normalized spacial score (nSPS) is 14.4. The van der Waals surface area contributed by atoms with Crippen LogP contribution in [0.2, 0.25) is 0 Å². The Balaban J connectivity index is 2.13. The van der Waals surface area contributed by atoms with Gasteiger partial charge in [-0.3, -0.25) is 24.0 Å². The van der Waals surface area contributed by atoms with Crippen LogP contribution >= 0.6 is 0 Å². The minimum absolute atomic E-state index is 0.0633. The smallest absolute Gasteiger partial charge is 0.330 e. The highest BCUT2D eigenvalue weighted by molar-refractivity contribution is 6.07. The van der Waals surface area contributed by atoms with Gasteiger partial charge in [0.05, 0.1) is 0 Å². The van der Waals surface area contributed by atoms with Crippen LogP contribution < -0.4 is 21.9 Å². The monoisotopic (exact) mass is 370 g/mol. The van der Waals surface area contributed by atoms with Crippen molar-refractivity contribution < 1.29 is 4.79 Å². The number of carbonyl (C=O) groups excluding carboxylic acids is 1. The molecule has 1 amide bonds. The number of nitrogens with zero attached hydrogens (tertiary/aromatic N) is 2. The number of anilines is 2.